The topological polar surface area (TPSA) is 49.4 Å². The number of rotatable bonds is 3. The summed E-state index contributed by atoms with van der Waals surface area (Å²) in [5.74, 6) is -0.900. The molecule has 0 saturated carbocycles. The van der Waals surface area contributed by atoms with Crippen molar-refractivity contribution in [3.8, 4) is 0 Å². The van der Waals surface area contributed by atoms with E-state index in [0.717, 1.165) is 16.0 Å². The molecule has 0 atom stereocenters. The van der Waals surface area contributed by atoms with Crippen molar-refractivity contribution in [2.45, 2.75) is 13.5 Å². The molecule has 1 heterocycles. The van der Waals surface area contributed by atoms with Gasteiger partial charge in [0.05, 0.1) is 6.54 Å². The van der Waals surface area contributed by atoms with Crippen molar-refractivity contribution < 1.29 is 14.0 Å². The van der Waals surface area contributed by atoms with Gasteiger partial charge in [-0.25, -0.2) is 9.18 Å². The van der Waals surface area contributed by atoms with Crippen LogP contribution < -0.4 is 5.32 Å². The summed E-state index contributed by atoms with van der Waals surface area (Å²) < 4.78 is 13.7. The number of carbonyl (C=O) groups is 2. The second-order valence-corrected chi connectivity index (χ2v) is 5.38. The van der Waals surface area contributed by atoms with Gasteiger partial charge in [-0.15, -0.1) is 0 Å². The van der Waals surface area contributed by atoms with Gasteiger partial charge >= 0.3 is 6.03 Å². The highest BCUT2D eigenvalue weighted by atomic mass is 19.1. The van der Waals surface area contributed by atoms with Crippen molar-refractivity contribution in [3.63, 3.8) is 0 Å². The van der Waals surface area contributed by atoms with Crippen molar-refractivity contribution in [2.75, 3.05) is 0 Å². The molecule has 0 unspecified atom stereocenters. The van der Waals surface area contributed by atoms with Crippen LogP contribution in [-0.4, -0.2) is 16.8 Å². The van der Waals surface area contributed by atoms with Gasteiger partial charge in [0, 0.05) is 5.56 Å². The average molecular weight is 310 g/mol. The smallest absolute Gasteiger partial charge is 0.303 e. The van der Waals surface area contributed by atoms with Gasteiger partial charge < -0.3 is 5.32 Å². The van der Waals surface area contributed by atoms with Gasteiger partial charge in [-0.2, -0.15) is 0 Å². The van der Waals surface area contributed by atoms with E-state index in [-0.39, 0.29) is 12.2 Å². The molecule has 0 bridgehead atoms. The molecule has 5 heteroatoms. The molecule has 1 aliphatic rings. The minimum atomic E-state index is -0.545. The Kier molecular flexibility index (Phi) is 3.93. The van der Waals surface area contributed by atoms with Gasteiger partial charge in [-0.1, -0.05) is 48.0 Å². The van der Waals surface area contributed by atoms with Crippen LogP contribution in [0, 0.1) is 12.7 Å². The highest BCUT2D eigenvalue weighted by Crippen LogP contribution is 2.18. The number of amides is 3. The lowest BCUT2D eigenvalue weighted by molar-refractivity contribution is -0.123. The normalized spacial score (nSPS) is 16.1. The monoisotopic (exact) mass is 310 g/mol. The third kappa shape index (κ3) is 3.13. The predicted molar refractivity (Wildman–Crippen MR) is 84.6 cm³/mol. The number of nitrogens with one attached hydrogen (secondary N) is 1. The fraction of sp³-hybridized carbons (Fsp3) is 0.111. The first-order chi connectivity index (χ1) is 11.0. The van der Waals surface area contributed by atoms with Crippen LogP contribution in [0.1, 0.15) is 16.7 Å². The minimum Gasteiger partial charge on any atom is -0.303 e. The second-order valence-electron chi connectivity index (χ2n) is 5.38. The summed E-state index contributed by atoms with van der Waals surface area (Å²) in [5, 5.41) is 2.53. The van der Waals surface area contributed by atoms with Crippen LogP contribution in [0.3, 0.4) is 0 Å². The van der Waals surface area contributed by atoms with Crippen LogP contribution in [0.2, 0.25) is 0 Å². The molecule has 4 nitrogen and oxygen atoms in total. The zero-order valence-corrected chi connectivity index (χ0v) is 12.5. The SMILES string of the molecule is Cc1ccc(/C=C2/NC(=O)N(Cc3ccccc3F)C2=O)cc1. The van der Waals surface area contributed by atoms with Gasteiger partial charge in [0.2, 0.25) is 0 Å². The minimum absolute atomic E-state index is 0.0947. The lowest BCUT2D eigenvalue weighted by atomic mass is 10.1. The van der Waals surface area contributed by atoms with Crippen molar-refractivity contribution in [1.82, 2.24) is 10.2 Å². The molecule has 0 aliphatic carbocycles. The van der Waals surface area contributed by atoms with Crippen LogP contribution >= 0.6 is 0 Å². The van der Waals surface area contributed by atoms with E-state index in [1.807, 2.05) is 31.2 Å². The quantitative estimate of drug-likeness (QED) is 0.699. The molecular weight excluding hydrogens is 295 g/mol. The first-order valence-corrected chi connectivity index (χ1v) is 7.19. The maximum atomic E-state index is 13.7. The summed E-state index contributed by atoms with van der Waals surface area (Å²) in [6.45, 7) is 1.87. The number of carbonyl (C=O) groups excluding carboxylic acids is 2. The molecule has 1 saturated heterocycles. The zero-order valence-electron chi connectivity index (χ0n) is 12.5. The number of urea groups is 1. The van der Waals surface area contributed by atoms with E-state index in [4.69, 9.17) is 0 Å². The molecule has 3 rings (SSSR count). The van der Waals surface area contributed by atoms with E-state index in [1.54, 1.807) is 24.3 Å². The maximum absolute atomic E-state index is 13.7. The fourth-order valence-corrected chi connectivity index (χ4v) is 2.34. The summed E-state index contributed by atoms with van der Waals surface area (Å²) in [5.41, 5.74) is 2.41. The molecule has 1 N–H and O–H groups in total. The number of imide groups is 1. The molecule has 116 valence electrons. The van der Waals surface area contributed by atoms with Crippen molar-refractivity contribution in [3.05, 3.63) is 76.7 Å². The Hall–Kier alpha value is -2.95. The Balaban J connectivity index is 1.82. The van der Waals surface area contributed by atoms with Crippen molar-refractivity contribution in [2.24, 2.45) is 0 Å². The van der Waals surface area contributed by atoms with Crippen LogP contribution in [0.5, 0.6) is 0 Å². The number of hydrogen-bond donors (Lipinski definition) is 1. The van der Waals surface area contributed by atoms with Gasteiger partial charge in [0.1, 0.15) is 11.5 Å². The predicted octanol–water partition coefficient (Wildman–Crippen LogP) is 3.23. The van der Waals surface area contributed by atoms with E-state index in [9.17, 15) is 14.0 Å². The van der Waals surface area contributed by atoms with Crippen LogP contribution in [0.25, 0.3) is 6.08 Å². The summed E-state index contributed by atoms with van der Waals surface area (Å²) >= 11 is 0. The van der Waals surface area contributed by atoms with Gasteiger partial charge in [0.15, 0.2) is 0 Å². The number of nitrogens with zero attached hydrogens (tertiary/aromatic N) is 1. The highest BCUT2D eigenvalue weighted by molar-refractivity contribution is 6.13. The Morgan fingerprint density at radius 1 is 1.09 bits per heavy atom. The molecule has 0 spiro atoms. The van der Waals surface area contributed by atoms with E-state index in [1.165, 1.54) is 6.07 Å². The second kappa shape index (κ2) is 6.04. The first-order valence-electron chi connectivity index (χ1n) is 7.19. The van der Waals surface area contributed by atoms with E-state index >= 15 is 0 Å². The molecule has 0 aromatic heterocycles. The number of aryl methyl sites for hydroxylation is 1. The largest absolute Gasteiger partial charge is 0.329 e. The standard InChI is InChI=1S/C18H15FN2O2/c1-12-6-8-13(9-7-12)10-16-17(22)21(18(23)20-16)11-14-4-2-3-5-15(14)19/h2-10H,11H2,1H3,(H,20,23)/b16-10+. The maximum Gasteiger partial charge on any atom is 0.329 e. The van der Waals surface area contributed by atoms with Crippen LogP contribution in [0.4, 0.5) is 9.18 Å². The Morgan fingerprint density at radius 3 is 2.48 bits per heavy atom. The number of hydrogen-bond acceptors (Lipinski definition) is 2. The lowest BCUT2D eigenvalue weighted by Crippen LogP contribution is -2.30. The van der Waals surface area contributed by atoms with E-state index < -0.39 is 17.8 Å². The Bertz CT molecular complexity index is 797. The molecule has 1 fully saturated rings. The molecular formula is C18H15FN2O2. The summed E-state index contributed by atoms with van der Waals surface area (Å²) in [4.78, 5) is 25.3. The molecule has 23 heavy (non-hydrogen) atoms. The number of halogens is 1. The van der Waals surface area contributed by atoms with Crippen LogP contribution in [0.15, 0.2) is 54.2 Å². The average Bonchev–Trinajstić information content (AvgIpc) is 2.79. The van der Waals surface area contributed by atoms with E-state index in [2.05, 4.69) is 5.32 Å². The molecule has 2 aromatic rings. The summed E-state index contributed by atoms with van der Waals surface area (Å²) in [6, 6.07) is 13.1. The highest BCUT2D eigenvalue weighted by Gasteiger charge is 2.33. The molecule has 1 aliphatic heterocycles. The zero-order chi connectivity index (χ0) is 16.4. The summed E-state index contributed by atoms with van der Waals surface area (Å²) in [7, 11) is 0. The van der Waals surface area contributed by atoms with Crippen molar-refractivity contribution in [1.29, 1.82) is 0 Å². The molecule has 3 amide bonds. The summed E-state index contributed by atoms with van der Waals surface area (Å²) in [6.07, 6.45) is 1.61. The van der Waals surface area contributed by atoms with Crippen molar-refractivity contribution >= 4 is 18.0 Å². The molecule has 0 radical (unpaired) electrons. The van der Waals surface area contributed by atoms with Gasteiger partial charge in [-0.05, 0) is 24.6 Å². The van der Waals surface area contributed by atoms with Gasteiger partial charge in [0.25, 0.3) is 5.91 Å². The van der Waals surface area contributed by atoms with Crippen LogP contribution in [-0.2, 0) is 11.3 Å². The van der Waals surface area contributed by atoms with E-state index in [0.29, 0.717) is 5.56 Å². The first kappa shape index (κ1) is 15.0. The third-order valence-electron chi connectivity index (χ3n) is 3.64. The fourth-order valence-electron chi connectivity index (χ4n) is 2.34. The number of benzene rings is 2. The van der Waals surface area contributed by atoms with Gasteiger partial charge in [-0.3, -0.25) is 9.69 Å². The molecule has 2 aromatic carbocycles. The Labute approximate surface area is 133 Å². The Morgan fingerprint density at radius 2 is 1.78 bits per heavy atom. The lowest BCUT2D eigenvalue weighted by Gasteiger charge is -2.12. The third-order valence-corrected chi connectivity index (χ3v) is 3.64.